The van der Waals surface area contributed by atoms with E-state index in [4.69, 9.17) is 0 Å². The van der Waals surface area contributed by atoms with E-state index in [2.05, 4.69) is 17.4 Å². The first-order valence-corrected chi connectivity index (χ1v) is 4.10. The molecule has 0 spiro atoms. The first-order chi connectivity index (χ1) is 4.20. The van der Waals surface area contributed by atoms with Gasteiger partial charge in [0.05, 0.1) is 6.04 Å². The first-order valence-electron chi connectivity index (χ1n) is 3.02. The van der Waals surface area contributed by atoms with Crippen molar-refractivity contribution in [2.24, 2.45) is 5.92 Å². The molecule has 0 aliphatic carbocycles. The van der Waals surface area contributed by atoms with Crippen LogP contribution < -0.4 is 3.53 Å². The van der Waals surface area contributed by atoms with Crippen molar-refractivity contribution in [1.82, 2.24) is 3.53 Å². The highest BCUT2D eigenvalue weighted by atomic mass is 127. The molecule has 0 rings (SSSR count). The van der Waals surface area contributed by atoms with E-state index < -0.39 is 0 Å². The molecule has 0 heterocycles. The molecule has 0 aromatic carbocycles. The third kappa shape index (κ3) is 4.84. The lowest BCUT2D eigenvalue weighted by Gasteiger charge is -2.08. The van der Waals surface area contributed by atoms with Crippen LogP contribution in [0.25, 0.3) is 0 Å². The first kappa shape index (κ1) is 9.36. The fraction of sp³-hybridized carbons (Fsp3) is 0.833. The summed E-state index contributed by atoms with van der Waals surface area (Å²) in [6, 6.07) is 0.0330. The SMILES string of the molecule is CC(C)CC(C=O)NI. The Morgan fingerprint density at radius 3 is 2.33 bits per heavy atom. The second-order valence-electron chi connectivity index (χ2n) is 2.48. The molecule has 0 aromatic rings. The number of aldehydes is 1. The van der Waals surface area contributed by atoms with Crippen molar-refractivity contribution < 1.29 is 4.79 Å². The number of rotatable bonds is 4. The maximum Gasteiger partial charge on any atom is 0.137 e. The molecule has 1 unspecified atom stereocenters. The summed E-state index contributed by atoms with van der Waals surface area (Å²) in [7, 11) is 0. The summed E-state index contributed by atoms with van der Waals surface area (Å²) in [6.07, 6.45) is 1.87. The Hall–Kier alpha value is 0.360. The van der Waals surface area contributed by atoms with Crippen molar-refractivity contribution in [3.63, 3.8) is 0 Å². The number of carbonyl (C=O) groups excluding carboxylic acids is 1. The van der Waals surface area contributed by atoms with Gasteiger partial charge in [-0.05, 0) is 12.3 Å². The smallest absolute Gasteiger partial charge is 0.137 e. The Morgan fingerprint density at radius 2 is 2.22 bits per heavy atom. The number of hydrogen-bond acceptors (Lipinski definition) is 2. The molecule has 0 aliphatic heterocycles. The standard InChI is InChI=1S/C6H12INO/c1-5(2)3-6(4-9)8-7/h4-6,8H,3H2,1-2H3. The van der Waals surface area contributed by atoms with E-state index in [0.29, 0.717) is 5.92 Å². The molecule has 1 N–H and O–H groups in total. The van der Waals surface area contributed by atoms with Crippen LogP contribution in [0.4, 0.5) is 0 Å². The highest BCUT2D eigenvalue weighted by Gasteiger charge is 2.05. The zero-order valence-corrected chi connectivity index (χ0v) is 7.88. The summed E-state index contributed by atoms with van der Waals surface area (Å²) in [5.41, 5.74) is 0. The normalized spacial score (nSPS) is 13.8. The van der Waals surface area contributed by atoms with Crippen LogP contribution in [0.3, 0.4) is 0 Å². The van der Waals surface area contributed by atoms with Gasteiger partial charge in [0.2, 0.25) is 0 Å². The zero-order chi connectivity index (χ0) is 7.28. The molecule has 0 amide bonds. The topological polar surface area (TPSA) is 29.1 Å². The molecular formula is C6H12INO. The second kappa shape index (κ2) is 5.17. The summed E-state index contributed by atoms with van der Waals surface area (Å²) in [5.74, 6) is 0.586. The van der Waals surface area contributed by atoms with Crippen LogP contribution in [0.5, 0.6) is 0 Å². The van der Waals surface area contributed by atoms with Gasteiger partial charge in [-0.15, -0.1) is 0 Å². The molecule has 9 heavy (non-hydrogen) atoms. The maximum atomic E-state index is 10.2. The summed E-state index contributed by atoms with van der Waals surface area (Å²) in [4.78, 5) is 10.2. The molecule has 0 radical (unpaired) electrons. The van der Waals surface area contributed by atoms with Gasteiger partial charge < -0.3 is 4.79 Å². The van der Waals surface area contributed by atoms with Gasteiger partial charge in [0, 0.05) is 22.9 Å². The average molecular weight is 241 g/mol. The summed E-state index contributed by atoms with van der Waals surface area (Å²) < 4.78 is 2.88. The average Bonchev–Trinajstić information content (AvgIpc) is 1.82. The minimum Gasteiger partial charge on any atom is -0.302 e. The Balaban J connectivity index is 3.42. The molecule has 0 saturated carbocycles. The fourth-order valence-electron chi connectivity index (χ4n) is 0.634. The zero-order valence-electron chi connectivity index (χ0n) is 5.73. The quantitative estimate of drug-likeness (QED) is 0.459. The third-order valence-electron chi connectivity index (χ3n) is 1.03. The molecule has 0 fully saturated rings. The van der Waals surface area contributed by atoms with E-state index in [-0.39, 0.29) is 6.04 Å². The van der Waals surface area contributed by atoms with E-state index in [9.17, 15) is 4.79 Å². The van der Waals surface area contributed by atoms with Gasteiger partial charge in [0.25, 0.3) is 0 Å². The maximum absolute atomic E-state index is 10.2. The number of carbonyl (C=O) groups is 1. The lowest BCUT2D eigenvalue weighted by molar-refractivity contribution is -0.109. The molecule has 0 bridgehead atoms. The summed E-state index contributed by atoms with van der Waals surface area (Å²) in [5, 5.41) is 0. The van der Waals surface area contributed by atoms with Crippen LogP contribution in [-0.2, 0) is 4.79 Å². The second-order valence-corrected chi connectivity index (χ2v) is 3.10. The van der Waals surface area contributed by atoms with Crippen molar-refractivity contribution in [1.29, 1.82) is 0 Å². The number of hydrogen-bond donors (Lipinski definition) is 1. The van der Waals surface area contributed by atoms with Gasteiger partial charge in [-0.25, -0.2) is 0 Å². The molecule has 54 valence electrons. The van der Waals surface area contributed by atoms with Gasteiger partial charge in [-0.2, -0.15) is 0 Å². The van der Waals surface area contributed by atoms with E-state index in [1.54, 1.807) is 0 Å². The van der Waals surface area contributed by atoms with E-state index in [1.165, 1.54) is 0 Å². The predicted molar refractivity (Wildman–Crippen MR) is 46.5 cm³/mol. The van der Waals surface area contributed by atoms with Gasteiger partial charge in [0.15, 0.2) is 0 Å². The molecule has 0 saturated heterocycles. The molecule has 2 nitrogen and oxygen atoms in total. The Morgan fingerprint density at radius 1 is 1.67 bits per heavy atom. The molecule has 3 heteroatoms. The van der Waals surface area contributed by atoms with Gasteiger partial charge in [0.1, 0.15) is 6.29 Å². The van der Waals surface area contributed by atoms with E-state index >= 15 is 0 Å². The monoisotopic (exact) mass is 241 g/mol. The highest BCUT2D eigenvalue weighted by molar-refractivity contribution is 14.1. The van der Waals surface area contributed by atoms with Crippen LogP contribution >= 0.6 is 22.9 Å². The molecule has 0 aromatic heterocycles. The molecule has 0 aliphatic rings. The fourth-order valence-corrected chi connectivity index (χ4v) is 1.03. The van der Waals surface area contributed by atoms with Crippen molar-refractivity contribution in [2.75, 3.05) is 0 Å². The van der Waals surface area contributed by atoms with Crippen molar-refractivity contribution in [2.45, 2.75) is 26.3 Å². The van der Waals surface area contributed by atoms with Crippen LogP contribution in [0.1, 0.15) is 20.3 Å². The minimum absolute atomic E-state index is 0.0330. The molecule has 1 atom stereocenters. The highest BCUT2D eigenvalue weighted by Crippen LogP contribution is 2.03. The number of halogens is 1. The lowest BCUT2D eigenvalue weighted by Crippen LogP contribution is -2.23. The van der Waals surface area contributed by atoms with Crippen molar-refractivity contribution >= 4 is 29.2 Å². The Kier molecular flexibility index (Phi) is 5.38. The van der Waals surface area contributed by atoms with Gasteiger partial charge in [-0.3, -0.25) is 3.53 Å². The van der Waals surface area contributed by atoms with Crippen LogP contribution in [0.15, 0.2) is 0 Å². The molecular weight excluding hydrogens is 229 g/mol. The van der Waals surface area contributed by atoms with Crippen LogP contribution in [-0.4, -0.2) is 12.3 Å². The predicted octanol–water partition coefficient (Wildman–Crippen LogP) is 1.54. The largest absolute Gasteiger partial charge is 0.302 e. The van der Waals surface area contributed by atoms with Crippen molar-refractivity contribution in [3.8, 4) is 0 Å². The van der Waals surface area contributed by atoms with Gasteiger partial charge in [-0.1, -0.05) is 13.8 Å². The third-order valence-corrected chi connectivity index (χ3v) is 1.83. The van der Waals surface area contributed by atoms with Crippen LogP contribution in [0.2, 0.25) is 0 Å². The summed E-state index contributed by atoms with van der Waals surface area (Å²) >= 11 is 2.00. The van der Waals surface area contributed by atoms with Crippen LogP contribution in [0, 0.1) is 5.92 Å². The van der Waals surface area contributed by atoms with Crippen molar-refractivity contribution in [3.05, 3.63) is 0 Å². The van der Waals surface area contributed by atoms with E-state index in [0.717, 1.165) is 12.7 Å². The van der Waals surface area contributed by atoms with Gasteiger partial charge >= 0.3 is 0 Å². The lowest BCUT2D eigenvalue weighted by atomic mass is 10.1. The van der Waals surface area contributed by atoms with E-state index in [1.807, 2.05) is 22.9 Å². The summed E-state index contributed by atoms with van der Waals surface area (Å²) in [6.45, 7) is 4.20. The minimum atomic E-state index is 0.0330. The Labute approximate surface area is 69.9 Å². The number of nitrogens with one attached hydrogen (secondary N) is 1. The Bertz CT molecular complexity index is 85.1.